The molecule has 0 amide bonds. The zero-order valence-corrected chi connectivity index (χ0v) is 11.1. The maximum Gasteiger partial charge on any atom is 0.190 e. The number of thioether (sulfide) groups is 1. The molecular weight excluding hydrogens is 236 g/mol. The molecule has 1 aromatic heterocycles. The Labute approximate surface area is 106 Å². The number of hydrogen-bond acceptors (Lipinski definition) is 5. The lowest BCUT2D eigenvalue weighted by Gasteiger charge is -2.06. The molecule has 0 aromatic carbocycles. The number of aromatic nitrogens is 3. The maximum absolute atomic E-state index is 5.52. The van der Waals surface area contributed by atoms with E-state index in [4.69, 9.17) is 10.5 Å². The minimum absolute atomic E-state index is 0.621. The number of rotatable bonds is 6. The third-order valence-corrected chi connectivity index (χ3v) is 4.13. The lowest BCUT2D eigenvalue weighted by atomic mass is 10.1. The van der Waals surface area contributed by atoms with Gasteiger partial charge in [0.2, 0.25) is 0 Å². The topological polar surface area (TPSA) is 66.0 Å². The Morgan fingerprint density at radius 3 is 3.12 bits per heavy atom. The summed E-state index contributed by atoms with van der Waals surface area (Å²) in [6.07, 6.45) is 3.20. The van der Waals surface area contributed by atoms with E-state index in [-0.39, 0.29) is 0 Å². The van der Waals surface area contributed by atoms with E-state index in [9.17, 15) is 0 Å². The van der Waals surface area contributed by atoms with Crippen molar-refractivity contribution in [3.63, 3.8) is 0 Å². The molecular formula is C11H20N4OS. The van der Waals surface area contributed by atoms with E-state index < -0.39 is 0 Å². The standard InChI is InChI=1S/C11H20N4OS/c1-15-10(2-5-12)13-14-11(15)17-7-4-9-3-6-16-8-9/h9H,2-8,12H2,1H3/t9-/m0/s1. The number of hydrogen-bond donors (Lipinski definition) is 1. The minimum atomic E-state index is 0.621. The number of ether oxygens (including phenoxy) is 1. The van der Waals surface area contributed by atoms with Gasteiger partial charge in [-0.15, -0.1) is 10.2 Å². The SMILES string of the molecule is Cn1c(CCN)nnc1SCC[C@@H]1CCOC1. The van der Waals surface area contributed by atoms with Crippen LogP contribution < -0.4 is 5.73 Å². The van der Waals surface area contributed by atoms with Crippen LogP contribution in [0.1, 0.15) is 18.7 Å². The Morgan fingerprint density at radius 2 is 2.41 bits per heavy atom. The van der Waals surface area contributed by atoms with Crippen LogP contribution in [0.4, 0.5) is 0 Å². The monoisotopic (exact) mass is 256 g/mol. The predicted molar refractivity (Wildman–Crippen MR) is 68.0 cm³/mol. The van der Waals surface area contributed by atoms with Crippen molar-refractivity contribution in [2.45, 2.75) is 24.4 Å². The van der Waals surface area contributed by atoms with Gasteiger partial charge in [-0.1, -0.05) is 11.8 Å². The third kappa shape index (κ3) is 3.43. The van der Waals surface area contributed by atoms with Gasteiger partial charge in [-0.2, -0.15) is 0 Å². The first-order valence-electron chi connectivity index (χ1n) is 6.10. The van der Waals surface area contributed by atoms with Gasteiger partial charge in [-0.05, 0) is 25.3 Å². The van der Waals surface area contributed by atoms with Crippen molar-refractivity contribution in [2.24, 2.45) is 18.7 Å². The molecule has 0 bridgehead atoms. The summed E-state index contributed by atoms with van der Waals surface area (Å²) in [6.45, 7) is 2.48. The van der Waals surface area contributed by atoms with Gasteiger partial charge in [0, 0.05) is 32.4 Å². The highest BCUT2D eigenvalue weighted by Gasteiger charge is 2.16. The molecule has 1 aliphatic rings. The second-order valence-corrected chi connectivity index (χ2v) is 5.43. The van der Waals surface area contributed by atoms with Gasteiger partial charge in [0.1, 0.15) is 5.82 Å². The highest BCUT2D eigenvalue weighted by Crippen LogP contribution is 2.22. The molecule has 5 nitrogen and oxygen atoms in total. The van der Waals surface area contributed by atoms with Gasteiger partial charge < -0.3 is 15.0 Å². The molecule has 2 N–H and O–H groups in total. The highest BCUT2D eigenvalue weighted by atomic mass is 32.2. The predicted octanol–water partition coefficient (Wildman–Crippen LogP) is 0.835. The van der Waals surface area contributed by atoms with E-state index in [0.29, 0.717) is 6.54 Å². The molecule has 1 atom stereocenters. The van der Waals surface area contributed by atoms with Crippen molar-refractivity contribution in [3.05, 3.63) is 5.82 Å². The van der Waals surface area contributed by atoms with Crippen molar-refractivity contribution in [3.8, 4) is 0 Å². The molecule has 0 aliphatic carbocycles. The second kappa shape index (κ2) is 6.37. The van der Waals surface area contributed by atoms with E-state index in [1.54, 1.807) is 11.8 Å². The molecule has 1 saturated heterocycles. The van der Waals surface area contributed by atoms with E-state index in [1.165, 1.54) is 12.8 Å². The zero-order valence-electron chi connectivity index (χ0n) is 10.3. The molecule has 6 heteroatoms. The fraction of sp³-hybridized carbons (Fsp3) is 0.818. The van der Waals surface area contributed by atoms with E-state index in [2.05, 4.69) is 10.2 Å². The highest BCUT2D eigenvalue weighted by molar-refractivity contribution is 7.99. The van der Waals surface area contributed by atoms with Crippen molar-refractivity contribution < 1.29 is 4.74 Å². The first-order valence-corrected chi connectivity index (χ1v) is 7.08. The summed E-state index contributed by atoms with van der Waals surface area (Å²) >= 11 is 1.77. The van der Waals surface area contributed by atoms with Crippen molar-refractivity contribution in [2.75, 3.05) is 25.5 Å². The Hall–Kier alpha value is -0.590. The molecule has 17 heavy (non-hydrogen) atoms. The summed E-state index contributed by atoms with van der Waals surface area (Å²) in [4.78, 5) is 0. The Morgan fingerprint density at radius 1 is 1.53 bits per heavy atom. The molecule has 96 valence electrons. The number of nitrogens with zero attached hydrogens (tertiary/aromatic N) is 3. The average Bonchev–Trinajstić information content (AvgIpc) is 2.94. The second-order valence-electron chi connectivity index (χ2n) is 4.36. The van der Waals surface area contributed by atoms with Crippen LogP contribution in [0.5, 0.6) is 0 Å². The van der Waals surface area contributed by atoms with Crippen LogP contribution >= 0.6 is 11.8 Å². The van der Waals surface area contributed by atoms with Gasteiger partial charge in [0.15, 0.2) is 5.16 Å². The molecule has 1 fully saturated rings. The van der Waals surface area contributed by atoms with Gasteiger partial charge in [-0.25, -0.2) is 0 Å². The van der Waals surface area contributed by atoms with Crippen LogP contribution in [0.25, 0.3) is 0 Å². The van der Waals surface area contributed by atoms with Crippen LogP contribution in [0.2, 0.25) is 0 Å². The lowest BCUT2D eigenvalue weighted by molar-refractivity contribution is 0.185. The Bertz CT molecular complexity index is 349. The fourth-order valence-corrected chi connectivity index (χ4v) is 2.98. The summed E-state index contributed by atoms with van der Waals surface area (Å²) in [6, 6.07) is 0. The smallest absolute Gasteiger partial charge is 0.190 e. The van der Waals surface area contributed by atoms with Crippen molar-refractivity contribution in [1.29, 1.82) is 0 Å². The van der Waals surface area contributed by atoms with Crippen LogP contribution in [0.3, 0.4) is 0 Å². The number of nitrogens with two attached hydrogens (primary N) is 1. The third-order valence-electron chi connectivity index (χ3n) is 3.07. The summed E-state index contributed by atoms with van der Waals surface area (Å²) in [5.41, 5.74) is 5.52. The summed E-state index contributed by atoms with van der Waals surface area (Å²) in [5.74, 6) is 2.79. The van der Waals surface area contributed by atoms with E-state index >= 15 is 0 Å². The van der Waals surface area contributed by atoms with Crippen LogP contribution in [-0.4, -0.2) is 40.3 Å². The lowest BCUT2D eigenvalue weighted by Crippen LogP contribution is -2.08. The van der Waals surface area contributed by atoms with Crippen LogP contribution in [0.15, 0.2) is 5.16 Å². The minimum Gasteiger partial charge on any atom is -0.381 e. The van der Waals surface area contributed by atoms with E-state index in [0.717, 1.165) is 42.3 Å². The van der Waals surface area contributed by atoms with Gasteiger partial charge in [0.05, 0.1) is 0 Å². The Balaban J connectivity index is 1.78. The fourth-order valence-electron chi connectivity index (χ4n) is 1.95. The molecule has 0 saturated carbocycles. The van der Waals surface area contributed by atoms with E-state index in [1.807, 2.05) is 11.6 Å². The maximum atomic E-state index is 5.52. The first-order chi connectivity index (χ1) is 8.31. The molecule has 2 heterocycles. The normalized spacial score (nSPS) is 20.0. The van der Waals surface area contributed by atoms with Gasteiger partial charge in [0.25, 0.3) is 0 Å². The van der Waals surface area contributed by atoms with Gasteiger partial charge >= 0.3 is 0 Å². The zero-order chi connectivity index (χ0) is 12.1. The molecule has 0 unspecified atom stereocenters. The molecule has 0 radical (unpaired) electrons. The Kier molecular flexibility index (Phi) is 4.82. The summed E-state index contributed by atoms with van der Waals surface area (Å²) < 4.78 is 7.41. The molecule has 1 aromatic rings. The molecule has 2 rings (SSSR count). The summed E-state index contributed by atoms with van der Waals surface area (Å²) in [5, 5.41) is 9.32. The first kappa shape index (κ1) is 12.9. The van der Waals surface area contributed by atoms with Crippen LogP contribution in [-0.2, 0) is 18.2 Å². The van der Waals surface area contributed by atoms with Crippen LogP contribution in [0, 0.1) is 5.92 Å². The largest absolute Gasteiger partial charge is 0.381 e. The quantitative estimate of drug-likeness (QED) is 0.764. The van der Waals surface area contributed by atoms with Gasteiger partial charge in [-0.3, -0.25) is 0 Å². The van der Waals surface area contributed by atoms with Crippen molar-refractivity contribution >= 4 is 11.8 Å². The average molecular weight is 256 g/mol. The summed E-state index contributed by atoms with van der Waals surface area (Å²) in [7, 11) is 2.01. The van der Waals surface area contributed by atoms with Crippen molar-refractivity contribution in [1.82, 2.24) is 14.8 Å². The molecule has 0 spiro atoms. The molecule has 1 aliphatic heterocycles.